The summed E-state index contributed by atoms with van der Waals surface area (Å²) in [6, 6.07) is 0.151. The first-order valence-corrected chi connectivity index (χ1v) is 6.91. The maximum absolute atomic E-state index is 11.7. The number of amides is 1. The predicted molar refractivity (Wildman–Crippen MR) is 72.2 cm³/mol. The smallest absolute Gasteiger partial charge is 0.239 e. The monoisotopic (exact) mass is 249 g/mol. The van der Waals surface area contributed by atoms with Gasteiger partial charge in [0.25, 0.3) is 0 Å². The fourth-order valence-electron chi connectivity index (χ4n) is 2.50. The number of nitrogens with two attached hydrogens (primary N) is 1. The second-order valence-electron chi connectivity index (χ2n) is 5.11. The second kappa shape index (κ2) is 6.05. The highest BCUT2D eigenvalue weighted by atomic mass is 16.1. The van der Waals surface area contributed by atoms with Gasteiger partial charge in [-0.1, -0.05) is 13.3 Å². The number of nitrogens with zero attached hydrogens (tertiary/aromatic N) is 1. The Morgan fingerprint density at radius 3 is 3.11 bits per heavy atom. The molecule has 1 amide bonds. The van der Waals surface area contributed by atoms with Crippen LogP contribution < -0.4 is 11.1 Å². The summed E-state index contributed by atoms with van der Waals surface area (Å²) in [6.45, 7) is 3.30. The number of aromatic nitrogens is 1. The SMILES string of the molecule is CCCCNC(=O)Cn1cc2c(c1)C(N)CCC2. The lowest BCUT2D eigenvalue weighted by atomic mass is 9.92. The first kappa shape index (κ1) is 13.1. The van der Waals surface area contributed by atoms with Crippen LogP contribution in [0.15, 0.2) is 12.4 Å². The number of aryl methyl sites for hydroxylation is 1. The lowest BCUT2D eigenvalue weighted by Crippen LogP contribution is -2.27. The maximum atomic E-state index is 11.7. The lowest BCUT2D eigenvalue weighted by molar-refractivity contribution is -0.121. The minimum atomic E-state index is 0.0874. The Hall–Kier alpha value is -1.29. The number of nitrogens with one attached hydrogen (secondary N) is 1. The zero-order valence-corrected chi connectivity index (χ0v) is 11.1. The van der Waals surface area contributed by atoms with E-state index in [4.69, 9.17) is 5.73 Å². The van der Waals surface area contributed by atoms with Gasteiger partial charge in [-0.25, -0.2) is 0 Å². The number of hydrogen-bond donors (Lipinski definition) is 2. The van der Waals surface area contributed by atoms with Gasteiger partial charge < -0.3 is 15.6 Å². The summed E-state index contributed by atoms with van der Waals surface area (Å²) >= 11 is 0. The van der Waals surface area contributed by atoms with Crippen LogP contribution in [0.1, 0.15) is 49.8 Å². The van der Waals surface area contributed by atoms with Crippen molar-refractivity contribution in [2.24, 2.45) is 5.73 Å². The van der Waals surface area contributed by atoms with Crippen LogP contribution in [-0.2, 0) is 17.8 Å². The van der Waals surface area contributed by atoms with Crippen molar-refractivity contribution in [3.63, 3.8) is 0 Å². The number of unbranched alkanes of at least 4 members (excludes halogenated alkanes) is 1. The first-order valence-electron chi connectivity index (χ1n) is 6.91. The standard InChI is InChI=1S/C14H23N3O/c1-2-3-7-16-14(18)10-17-8-11-5-4-6-13(15)12(11)9-17/h8-9,13H,2-7,10,15H2,1H3,(H,16,18). The molecule has 1 aliphatic carbocycles. The average molecular weight is 249 g/mol. The van der Waals surface area contributed by atoms with Gasteiger partial charge in [0.05, 0.1) is 0 Å². The van der Waals surface area contributed by atoms with Gasteiger partial charge in [0.1, 0.15) is 6.54 Å². The molecule has 1 heterocycles. The van der Waals surface area contributed by atoms with Gasteiger partial charge in [0.15, 0.2) is 0 Å². The molecule has 1 aromatic rings. The van der Waals surface area contributed by atoms with Crippen LogP contribution in [0.5, 0.6) is 0 Å². The Bertz CT molecular complexity index is 411. The molecule has 3 N–H and O–H groups in total. The Morgan fingerprint density at radius 1 is 1.56 bits per heavy atom. The average Bonchev–Trinajstić information content (AvgIpc) is 2.73. The summed E-state index contributed by atoms with van der Waals surface area (Å²) < 4.78 is 1.97. The van der Waals surface area contributed by atoms with E-state index in [0.29, 0.717) is 6.54 Å². The number of carbonyl (C=O) groups is 1. The molecule has 0 aliphatic heterocycles. The molecule has 0 bridgehead atoms. The molecule has 0 saturated carbocycles. The molecule has 1 aliphatic rings. The molecule has 4 nitrogen and oxygen atoms in total. The largest absolute Gasteiger partial charge is 0.355 e. The van der Waals surface area contributed by atoms with Crippen molar-refractivity contribution in [2.45, 2.75) is 51.6 Å². The lowest BCUT2D eigenvalue weighted by Gasteiger charge is -2.17. The normalized spacial score (nSPS) is 18.4. The highest BCUT2D eigenvalue weighted by molar-refractivity contribution is 5.75. The van der Waals surface area contributed by atoms with Gasteiger partial charge in [-0.2, -0.15) is 0 Å². The van der Waals surface area contributed by atoms with Gasteiger partial charge >= 0.3 is 0 Å². The van der Waals surface area contributed by atoms with E-state index in [1.807, 2.05) is 10.8 Å². The van der Waals surface area contributed by atoms with E-state index < -0.39 is 0 Å². The summed E-state index contributed by atoms with van der Waals surface area (Å²) in [5.74, 6) is 0.0874. The maximum Gasteiger partial charge on any atom is 0.239 e. The summed E-state index contributed by atoms with van der Waals surface area (Å²) in [4.78, 5) is 11.7. The molecule has 1 unspecified atom stereocenters. The zero-order chi connectivity index (χ0) is 13.0. The van der Waals surface area contributed by atoms with E-state index >= 15 is 0 Å². The number of hydrogen-bond acceptors (Lipinski definition) is 2. The molecular weight excluding hydrogens is 226 g/mol. The molecule has 0 radical (unpaired) electrons. The second-order valence-corrected chi connectivity index (χ2v) is 5.11. The van der Waals surface area contributed by atoms with Crippen LogP contribution in [0.25, 0.3) is 0 Å². The van der Waals surface area contributed by atoms with Crippen LogP contribution >= 0.6 is 0 Å². The van der Waals surface area contributed by atoms with Crippen LogP contribution in [0.3, 0.4) is 0 Å². The molecule has 18 heavy (non-hydrogen) atoms. The van der Waals surface area contributed by atoms with Gasteiger partial charge in [0.2, 0.25) is 5.91 Å². The summed E-state index contributed by atoms with van der Waals surface area (Å²) in [5.41, 5.74) is 8.61. The molecule has 0 aromatic carbocycles. The van der Waals surface area contributed by atoms with Gasteiger partial charge in [-0.3, -0.25) is 4.79 Å². The van der Waals surface area contributed by atoms with E-state index in [2.05, 4.69) is 18.4 Å². The molecule has 4 heteroatoms. The van der Waals surface area contributed by atoms with Crippen molar-refractivity contribution >= 4 is 5.91 Å². The quantitative estimate of drug-likeness (QED) is 0.781. The fraction of sp³-hybridized carbons (Fsp3) is 0.643. The fourth-order valence-corrected chi connectivity index (χ4v) is 2.50. The third kappa shape index (κ3) is 3.13. The van der Waals surface area contributed by atoms with E-state index in [9.17, 15) is 4.79 Å². The van der Waals surface area contributed by atoms with E-state index in [-0.39, 0.29) is 11.9 Å². The Labute approximate surface area is 109 Å². The van der Waals surface area contributed by atoms with Crippen LogP contribution in [0.4, 0.5) is 0 Å². The van der Waals surface area contributed by atoms with Crippen molar-refractivity contribution < 1.29 is 4.79 Å². The Kier molecular flexibility index (Phi) is 4.42. The first-order chi connectivity index (χ1) is 8.70. The van der Waals surface area contributed by atoms with E-state index in [1.54, 1.807) is 0 Å². The van der Waals surface area contributed by atoms with Gasteiger partial charge in [0, 0.05) is 25.0 Å². The zero-order valence-electron chi connectivity index (χ0n) is 11.1. The molecule has 0 spiro atoms. The number of rotatable bonds is 5. The Morgan fingerprint density at radius 2 is 2.39 bits per heavy atom. The van der Waals surface area contributed by atoms with Gasteiger partial charge in [-0.15, -0.1) is 0 Å². The Balaban J connectivity index is 1.92. The van der Waals surface area contributed by atoms with Crippen molar-refractivity contribution in [1.82, 2.24) is 9.88 Å². The molecule has 0 saturated heterocycles. The van der Waals surface area contributed by atoms with Crippen molar-refractivity contribution in [1.29, 1.82) is 0 Å². The minimum Gasteiger partial charge on any atom is -0.355 e. The highest BCUT2D eigenvalue weighted by Crippen LogP contribution is 2.28. The minimum absolute atomic E-state index is 0.0874. The summed E-state index contributed by atoms with van der Waals surface area (Å²) in [5, 5.41) is 2.93. The third-order valence-corrected chi connectivity index (χ3v) is 3.54. The third-order valence-electron chi connectivity index (χ3n) is 3.54. The summed E-state index contributed by atoms with van der Waals surface area (Å²) in [6.07, 6.45) is 9.56. The van der Waals surface area contributed by atoms with Crippen molar-refractivity contribution in [2.75, 3.05) is 6.54 Å². The van der Waals surface area contributed by atoms with Crippen molar-refractivity contribution in [3.8, 4) is 0 Å². The molecule has 1 aromatic heterocycles. The van der Waals surface area contributed by atoms with Gasteiger partial charge in [-0.05, 0) is 36.8 Å². The molecule has 1 atom stereocenters. The molecule has 100 valence electrons. The van der Waals surface area contributed by atoms with Crippen LogP contribution in [0, 0.1) is 0 Å². The topological polar surface area (TPSA) is 60.0 Å². The molecular formula is C14H23N3O. The number of fused-ring (bicyclic) bond motifs is 1. The molecule has 2 rings (SSSR count). The van der Waals surface area contributed by atoms with E-state index in [0.717, 1.165) is 38.6 Å². The van der Waals surface area contributed by atoms with Crippen molar-refractivity contribution in [3.05, 3.63) is 23.5 Å². The van der Waals surface area contributed by atoms with Crippen LogP contribution in [-0.4, -0.2) is 17.0 Å². The highest BCUT2D eigenvalue weighted by Gasteiger charge is 2.19. The van der Waals surface area contributed by atoms with Crippen LogP contribution in [0.2, 0.25) is 0 Å². The molecule has 0 fully saturated rings. The number of carbonyl (C=O) groups excluding carboxylic acids is 1. The summed E-state index contributed by atoms with van der Waals surface area (Å²) in [7, 11) is 0. The predicted octanol–water partition coefficient (Wildman–Crippen LogP) is 1.74. The van der Waals surface area contributed by atoms with E-state index in [1.165, 1.54) is 11.1 Å².